The summed E-state index contributed by atoms with van der Waals surface area (Å²) >= 11 is 0. The van der Waals surface area contributed by atoms with Crippen molar-refractivity contribution in [2.24, 2.45) is 0 Å². The van der Waals surface area contributed by atoms with Crippen molar-refractivity contribution in [2.45, 2.75) is 76.0 Å². The van der Waals surface area contributed by atoms with Crippen LogP contribution < -0.4 is 10.1 Å². The molecule has 110 valence electrons. The Kier molecular flexibility index (Phi) is 4.96. The first-order valence-corrected chi connectivity index (χ1v) is 8.39. The molecule has 2 saturated carbocycles. The van der Waals surface area contributed by atoms with Crippen molar-refractivity contribution in [1.82, 2.24) is 5.32 Å². The molecule has 0 aliphatic heterocycles. The van der Waals surface area contributed by atoms with Crippen LogP contribution in [0.4, 0.5) is 0 Å². The molecule has 0 aromatic heterocycles. The van der Waals surface area contributed by atoms with Crippen LogP contribution in [0.5, 0.6) is 5.75 Å². The normalized spacial score (nSPS) is 28.2. The summed E-state index contributed by atoms with van der Waals surface area (Å²) in [7, 11) is 0. The predicted molar refractivity (Wildman–Crippen MR) is 83.1 cm³/mol. The van der Waals surface area contributed by atoms with E-state index in [0.717, 1.165) is 11.8 Å². The molecule has 2 unspecified atom stereocenters. The molecule has 0 saturated heterocycles. The molecule has 0 bridgehead atoms. The Morgan fingerprint density at radius 1 is 0.800 bits per heavy atom. The van der Waals surface area contributed by atoms with Gasteiger partial charge in [0.2, 0.25) is 0 Å². The van der Waals surface area contributed by atoms with E-state index in [4.69, 9.17) is 4.74 Å². The van der Waals surface area contributed by atoms with E-state index in [-0.39, 0.29) is 0 Å². The number of hydrogen-bond donors (Lipinski definition) is 1. The third-order valence-corrected chi connectivity index (χ3v) is 4.80. The van der Waals surface area contributed by atoms with Crippen molar-refractivity contribution in [3.63, 3.8) is 0 Å². The van der Waals surface area contributed by atoms with Crippen LogP contribution in [0.15, 0.2) is 30.3 Å². The number of benzene rings is 1. The molecule has 0 radical (unpaired) electrons. The lowest BCUT2D eigenvalue weighted by Gasteiger charge is -2.40. The number of rotatable bonds is 4. The fourth-order valence-corrected chi connectivity index (χ4v) is 3.40. The monoisotopic (exact) mass is 273 g/mol. The molecule has 0 spiro atoms. The number of ether oxygens (including phenoxy) is 1. The summed E-state index contributed by atoms with van der Waals surface area (Å²) < 4.78 is 6.10. The molecule has 3 rings (SSSR count). The Bertz CT molecular complexity index is 384. The summed E-state index contributed by atoms with van der Waals surface area (Å²) in [4.78, 5) is 0. The molecule has 2 aliphatic rings. The fourth-order valence-electron chi connectivity index (χ4n) is 3.40. The van der Waals surface area contributed by atoms with Crippen molar-refractivity contribution in [1.29, 1.82) is 0 Å². The number of para-hydroxylation sites is 1. The van der Waals surface area contributed by atoms with Gasteiger partial charge in [0.05, 0.1) is 0 Å². The largest absolute Gasteiger partial charge is 0.489 e. The summed E-state index contributed by atoms with van der Waals surface area (Å²) in [6.07, 6.45) is 12.6. The van der Waals surface area contributed by atoms with Gasteiger partial charge in [0.15, 0.2) is 0 Å². The van der Waals surface area contributed by atoms with E-state index < -0.39 is 0 Å². The molecule has 0 amide bonds. The Labute approximate surface area is 122 Å². The highest BCUT2D eigenvalue weighted by Gasteiger charge is 2.34. The molecular formula is C18H27NO. The minimum atomic E-state index is 0.378. The van der Waals surface area contributed by atoms with Crippen LogP contribution in [0.3, 0.4) is 0 Å². The molecule has 1 aromatic rings. The maximum Gasteiger partial charge on any atom is 0.119 e. The van der Waals surface area contributed by atoms with Crippen LogP contribution in [-0.2, 0) is 0 Å². The lowest BCUT2D eigenvalue weighted by molar-refractivity contribution is 0.0634. The molecule has 1 N–H and O–H groups in total. The van der Waals surface area contributed by atoms with E-state index in [1.165, 1.54) is 57.8 Å². The maximum atomic E-state index is 6.10. The lowest BCUT2D eigenvalue weighted by Crippen LogP contribution is -2.54. The highest BCUT2D eigenvalue weighted by Crippen LogP contribution is 2.28. The van der Waals surface area contributed by atoms with Crippen molar-refractivity contribution in [3.8, 4) is 5.75 Å². The van der Waals surface area contributed by atoms with Crippen molar-refractivity contribution < 1.29 is 4.74 Å². The van der Waals surface area contributed by atoms with E-state index in [0.29, 0.717) is 12.1 Å². The van der Waals surface area contributed by atoms with Crippen LogP contribution >= 0.6 is 0 Å². The Hall–Kier alpha value is -1.02. The second-order valence-electron chi connectivity index (χ2n) is 6.36. The minimum absolute atomic E-state index is 0.378. The first-order chi connectivity index (χ1) is 9.92. The van der Waals surface area contributed by atoms with Crippen molar-refractivity contribution in [2.75, 3.05) is 0 Å². The summed E-state index contributed by atoms with van der Waals surface area (Å²) in [5, 5.41) is 3.87. The highest BCUT2D eigenvalue weighted by molar-refractivity contribution is 5.22. The van der Waals surface area contributed by atoms with E-state index in [2.05, 4.69) is 17.4 Å². The summed E-state index contributed by atoms with van der Waals surface area (Å²) in [6, 6.07) is 11.5. The van der Waals surface area contributed by atoms with Gasteiger partial charge in [-0.15, -0.1) is 0 Å². The van der Waals surface area contributed by atoms with Gasteiger partial charge in [-0.05, 0) is 37.8 Å². The molecule has 2 aliphatic carbocycles. The van der Waals surface area contributed by atoms with Crippen LogP contribution in [0, 0.1) is 0 Å². The molecule has 20 heavy (non-hydrogen) atoms. The van der Waals surface area contributed by atoms with Gasteiger partial charge < -0.3 is 10.1 Å². The second-order valence-corrected chi connectivity index (χ2v) is 6.36. The molecule has 2 heteroatoms. The molecule has 0 heterocycles. The van der Waals surface area contributed by atoms with Crippen LogP contribution in [-0.4, -0.2) is 18.2 Å². The maximum absolute atomic E-state index is 6.10. The van der Waals surface area contributed by atoms with Crippen LogP contribution in [0.25, 0.3) is 0 Å². The van der Waals surface area contributed by atoms with Gasteiger partial charge in [0.25, 0.3) is 0 Å². The fraction of sp³-hybridized carbons (Fsp3) is 0.667. The second kappa shape index (κ2) is 7.12. The van der Waals surface area contributed by atoms with Crippen LogP contribution in [0.1, 0.15) is 57.8 Å². The third kappa shape index (κ3) is 3.76. The summed E-state index contributed by atoms with van der Waals surface area (Å²) in [5.74, 6) is 1.02. The highest BCUT2D eigenvalue weighted by atomic mass is 16.5. The first kappa shape index (κ1) is 13.9. The van der Waals surface area contributed by atoms with E-state index in [1.54, 1.807) is 0 Å². The van der Waals surface area contributed by atoms with Gasteiger partial charge in [0.1, 0.15) is 11.9 Å². The van der Waals surface area contributed by atoms with Gasteiger partial charge in [-0.2, -0.15) is 0 Å². The third-order valence-electron chi connectivity index (χ3n) is 4.80. The van der Waals surface area contributed by atoms with Gasteiger partial charge in [0, 0.05) is 12.1 Å². The SMILES string of the molecule is c1ccc(OC2CCC2NC2CCCCCCC2)cc1. The average Bonchev–Trinajstić information content (AvgIpc) is 2.44. The minimum Gasteiger partial charge on any atom is -0.489 e. The van der Waals surface area contributed by atoms with Gasteiger partial charge in [-0.1, -0.05) is 50.3 Å². The Morgan fingerprint density at radius 2 is 1.50 bits per heavy atom. The topological polar surface area (TPSA) is 21.3 Å². The Balaban J connectivity index is 1.47. The standard InChI is InChI=1S/C18H27NO/c1-2-5-9-15(10-6-3-1)19-17-13-14-18(17)20-16-11-7-4-8-12-16/h4,7-8,11-12,15,17-19H,1-3,5-6,9-10,13-14H2. The zero-order valence-corrected chi connectivity index (χ0v) is 12.4. The van der Waals surface area contributed by atoms with E-state index in [9.17, 15) is 0 Å². The molecular weight excluding hydrogens is 246 g/mol. The van der Waals surface area contributed by atoms with Crippen LogP contribution in [0.2, 0.25) is 0 Å². The number of nitrogens with one attached hydrogen (secondary N) is 1. The summed E-state index contributed by atoms with van der Waals surface area (Å²) in [5.41, 5.74) is 0. The van der Waals surface area contributed by atoms with Crippen molar-refractivity contribution in [3.05, 3.63) is 30.3 Å². The molecule has 2 nitrogen and oxygen atoms in total. The first-order valence-electron chi connectivity index (χ1n) is 8.39. The average molecular weight is 273 g/mol. The lowest BCUT2D eigenvalue weighted by atomic mass is 9.86. The number of hydrogen-bond acceptors (Lipinski definition) is 2. The van der Waals surface area contributed by atoms with E-state index >= 15 is 0 Å². The van der Waals surface area contributed by atoms with E-state index in [1.807, 2.05) is 18.2 Å². The zero-order chi connectivity index (χ0) is 13.6. The molecule has 1 aromatic carbocycles. The van der Waals surface area contributed by atoms with Crippen molar-refractivity contribution >= 4 is 0 Å². The predicted octanol–water partition coefficient (Wildman–Crippen LogP) is 4.30. The summed E-state index contributed by atoms with van der Waals surface area (Å²) in [6.45, 7) is 0. The zero-order valence-electron chi connectivity index (χ0n) is 12.4. The quantitative estimate of drug-likeness (QED) is 0.883. The molecule has 2 fully saturated rings. The van der Waals surface area contributed by atoms with Gasteiger partial charge in [-0.25, -0.2) is 0 Å². The Morgan fingerprint density at radius 3 is 2.15 bits per heavy atom. The molecule has 2 atom stereocenters. The van der Waals surface area contributed by atoms with Gasteiger partial charge >= 0.3 is 0 Å². The van der Waals surface area contributed by atoms with Gasteiger partial charge in [-0.3, -0.25) is 0 Å². The smallest absolute Gasteiger partial charge is 0.119 e.